The Morgan fingerprint density at radius 3 is 1.88 bits per heavy atom. The Bertz CT molecular complexity index is 1800. The number of hydrogen-bond donors (Lipinski definition) is 0. The van der Waals surface area contributed by atoms with Crippen LogP contribution in [-0.4, -0.2) is 4.57 Å². The number of fused-ring (bicyclic) bond motifs is 6. The molecule has 0 fully saturated rings. The van der Waals surface area contributed by atoms with Gasteiger partial charge in [0.05, 0.1) is 11.0 Å². The Balaban J connectivity index is 1.72. The van der Waals surface area contributed by atoms with Gasteiger partial charge in [-0.05, 0) is 56.9 Å². The molecule has 6 aromatic carbocycles. The first-order valence-electron chi connectivity index (χ1n) is 11.4. The van der Waals surface area contributed by atoms with E-state index in [4.69, 9.17) is 0 Å². The molecule has 0 saturated carbocycles. The standard InChI is InChI=1S/C32H21N/c1-2-13-23(14-3-1)33-30-20-9-8-18-28(30)32-27-17-7-6-16-26(27)29(21-31(32)33)25-19-10-12-22-11-4-5-15-24(22)25/h1-21H. The van der Waals surface area contributed by atoms with E-state index in [-0.39, 0.29) is 0 Å². The fourth-order valence-corrected chi connectivity index (χ4v) is 5.37. The number of hydrogen-bond acceptors (Lipinski definition) is 0. The van der Waals surface area contributed by atoms with E-state index in [1.807, 2.05) is 0 Å². The number of para-hydroxylation sites is 2. The van der Waals surface area contributed by atoms with E-state index in [0.717, 1.165) is 0 Å². The summed E-state index contributed by atoms with van der Waals surface area (Å²) >= 11 is 0. The summed E-state index contributed by atoms with van der Waals surface area (Å²) in [5, 5.41) is 7.74. The summed E-state index contributed by atoms with van der Waals surface area (Å²) in [4.78, 5) is 0. The minimum absolute atomic E-state index is 1.18. The molecule has 0 spiro atoms. The minimum atomic E-state index is 1.18. The fraction of sp³-hybridized carbons (Fsp3) is 0. The molecule has 0 atom stereocenters. The van der Waals surface area contributed by atoms with E-state index in [0.29, 0.717) is 0 Å². The van der Waals surface area contributed by atoms with Gasteiger partial charge in [-0.2, -0.15) is 0 Å². The first-order valence-corrected chi connectivity index (χ1v) is 11.4. The van der Waals surface area contributed by atoms with E-state index in [2.05, 4.69) is 132 Å². The number of nitrogens with zero attached hydrogens (tertiary/aromatic N) is 1. The molecule has 1 nitrogen and oxygen atoms in total. The first kappa shape index (κ1) is 18.2. The van der Waals surface area contributed by atoms with Crippen LogP contribution in [0.2, 0.25) is 0 Å². The van der Waals surface area contributed by atoms with Gasteiger partial charge in [0.25, 0.3) is 0 Å². The van der Waals surface area contributed by atoms with E-state index in [9.17, 15) is 0 Å². The summed E-state index contributed by atoms with van der Waals surface area (Å²) in [6.45, 7) is 0. The maximum Gasteiger partial charge on any atom is 0.0553 e. The van der Waals surface area contributed by atoms with Crippen LogP contribution in [0.1, 0.15) is 0 Å². The van der Waals surface area contributed by atoms with Gasteiger partial charge in [-0.3, -0.25) is 0 Å². The monoisotopic (exact) mass is 419 g/mol. The molecule has 1 heteroatoms. The zero-order valence-corrected chi connectivity index (χ0v) is 18.1. The van der Waals surface area contributed by atoms with Crippen LogP contribution in [0.15, 0.2) is 127 Å². The highest BCUT2D eigenvalue weighted by atomic mass is 15.0. The Morgan fingerprint density at radius 1 is 0.394 bits per heavy atom. The second-order valence-electron chi connectivity index (χ2n) is 8.58. The molecular formula is C32H21N. The number of aromatic nitrogens is 1. The van der Waals surface area contributed by atoms with Crippen LogP contribution in [0.4, 0.5) is 0 Å². The quantitative estimate of drug-likeness (QED) is 0.264. The Kier molecular flexibility index (Phi) is 3.91. The van der Waals surface area contributed by atoms with Crippen molar-refractivity contribution in [3.8, 4) is 16.8 Å². The zero-order valence-electron chi connectivity index (χ0n) is 18.1. The summed E-state index contributed by atoms with van der Waals surface area (Å²) in [6.07, 6.45) is 0. The lowest BCUT2D eigenvalue weighted by Crippen LogP contribution is -1.94. The maximum absolute atomic E-state index is 2.41. The highest BCUT2D eigenvalue weighted by Crippen LogP contribution is 2.42. The van der Waals surface area contributed by atoms with Gasteiger partial charge in [-0.15, -0.1) is 0 Å². The topological polar surface area (TPSA) is 4.93 Å². The molecular weight excluding hydrogens is 398 g/mol. The molecule has 0 radical (unpaired) electrons. The second kappa shape index (κ2) is 7.08. The third-order valence-corrected chi connectivity index (χ3v) is 6.77. The van der Waals surface area contributed by atoms with E-state index in [1.165, 1.54) is 60.2 Å². The molecule has 7 aromatic rings. The molecule has 1 aromatic heterocycles. The largest absolute Gasteiger partial charge is 0.309 e. The van der Waals surface area contributed by atoms with Gasteiger partial charge >= 0.3 is 0 Å². The average molecular weight is 420 g/mol. The molecule has 33 heavy (non-hydrogen) atoms. The Labute approximate surface area is 192 Å². The first-order chi connectivity index (χ1) is 16.4. The lowest BCUT2D eigenvalue weighted by atomic mass is 9.92. The molecule has 1 heterocycles. The van der Waals surface area contributed by atoms with Gasteiger partial charge in [-0.25, -0.2) is 0 Å². The number of rotatable bonds is 2. The second-order valence-corrected chi connectivity index (χ2v) is 8.58. The van der Waals surface area contributed by atoms with Crippen LogP contribution < -0.4 is 0 Å². The van der Waals surface area contributed by atoms with Crippen molar-refractivity contribution in [2.75, 3.05) is 0 Å². The van der Waals surface area contributed by atoms with E-state index >= 15 is 0 Å². The third kappa shape index (κ3) is 2.66. The van der Waals surface area contributed by atoms with Crippen LogP contribution >= 0.6 is 0 Å². The zero-order chi connectivity index (χ0) is 21.8. The summed E-state index contributed by atoms with van der Waals surface area (Å²) in [6, 6.07) is 46.0. The van der Waals surface area contributed by atoms with Crippen LogP contribution in [0, 0.1) is 0 Å². The lowest BCUT2D eigenvalue weighted by Gasteiger charge is -2.14. The van der Waals surface area contributed by atoms with Crippen molar-refractivity contribution in [3.05, 3.63) is 127 Å². The van der Waals surface area contributed by atoms with Crippen LogP contribution in [0.25, 0.3) is 60.2 Å². The highest BCUT2D eigenvalue weighted by molar-refractivity contribution is 6.25. The molecule has 0 bridgehead atoms. The third-order valence-electron chi connectivity index (χ3n) is 6.77. The minimum Gasteiger partial charge on any atom is -0.309 e. The van der Waals surface area contributed by atoms with Gasteiger partial charge < -0.3 is 4.57 Å². The molecule has 0 aliphatic heterocycles. The van der Waals surface area contributed by atoms with Crippen molar-refractivity contribution >= 4 is 43.4 Å². The summed E-state index contributed by atoms with van der Waals surface area (Å²) < 4.78 is 2.41. The van der Waals surface area contributed by atoms with Gasteiger partial charge in [-0.1, -0.05) is 103 Å². The smallest absolute Gasteiger partial charge is 0.0553 e. The van der Waals surface area contributed by atoms with Crippen molar-refractivity contribution in [2.45, 2.75) is 0 Å². The molecule has 0 N–H and O–H groups in total. The predicted octanol–water partition coefficient (Wildman–Crippen LogP) is 8.76. The normalized spacial score (nSPS) is 11.6. The van der Waals surface area contributed by atoms with E-state index in [1.54, 1.807) is 0 Å². The average Bonchev–Trinajstić information content (AvgIpc) is 3.23. The number of benzene rings is 6. The Morgan fingerprint density at radius 2 is 1.03 bits per heavy atom. The van der Waals surface area contributed by atoms with Crippen molar-refractivity contribution in [2.24, 2.45) is 0 Å². The van der Waals surface area contributed by atoms with Crippen molar-refractivity contribution in [1.82, 2.24) is 4.57 Å². The van der Waals surface area contributed by atoms with E-state index < -0.39 is 0 Å². The molecule has 0 saturated heterocycles. The van der Waals surface area contributed by atoms with Crippen molar-refractivity contribution in [1.29, 1.82) is 0 Å². The predicted molar refractivity (Wildman–Crippen MR) is 141 cm³/mol. The molecule has 154 valence electrons. The fourth-order valence-electron chi connectivity index (χ4n) is 5.37. The molecule has 0 aliphatic carbocycles. The van der Waals surface area contributed by atoms with Crippen molar-refractivity contribution < 1.29 is 0 Å². The van der Waals surface area contributed by atoms with Crippen LogP contribution in [0.3, 0.4) is 0 Å². The summed E-state index contributed by atoms with van der Waals surface area (Å²) in [5.41, 5.74) is 6.21. The van der Waals surface area contributed by atoms with Crippen molar-refractivity contribution in [3.63, 3.8) is 0 Å². The molecule has 0 amide bonds. The van der Waals surface area contributed by atoms with Gasteiger partial charge in [0.1, 0.15) is 0 Å². The van der Waals surface area contributed by atoms with Gasteiger partial charge in [0.2, 0.25) is 0 Å². The highest BCUT2D eigenvalue weighted by Gasteiger charge is 2.18. The van der Waals surface area contributed by atoms with Gasteiger partial charge in [0.15, 0.2) is 0 Å². The lowest BCUT2D eigenvalue weighted by molar-refractivity contribution is 1.18. The Hall–Kier alpha value is -4.36. The van der Waals surface area contributed by atoms with Crippen LogP contribution in [0.5, 0.6) is 0 Å². The molecule has 0 aliphatic rings. The summed E-state index contributed by atoms with van der Waals surface area (Å²) in [5.74, 6) is 0. The molecule has 0 unspecified atom stereocenters. The molecule has 7 rings (SSSR count). The summed E-state index contributed by atoms with van der Waals surface area (Å²) in [7, 11) is 0. The maximum atomic E-state index is 2.41. The SMILES string of the molecule is c1ccc(-n2c3ccccc3c3c4ccccc4c(-c4cccc5ccccc45)cc32)cc1. The van der Waals surface area contributed by atoms with Crippen LogP contribution in [-0.2, 0) is 0 Å². The van der Waals surface area contributed by atoms with Gasteiger partial charge in [0, 0.05) is 16.5 Å².